The number of rotatable bonds is 14. The summed E-state index contributed by atoms with van der Waals surface area (Å²) in [5.74, 6) is -0.220. The van der Waals surface area contributed by atoms with Crippen molar-refractivity contribution in [1.82, 2.24) is 0 Å². The number of carbonyl (C=O) groups excluding carboxylic acids is 2. The lowest BCUT2D eigenvalue weighted by atomic mass is 10.1. The number of hydrogen-bond donors (Lipinski definition) is 1. The van der Waals surface area contributed by atoms with Crippen LogP contribution in [0.4, 0.5) is 10.5 Å². The van der Waals surface area contributed by atoms with Crippen molar-refractivity contribution in [1.29, 1.82) is 0 Å². The second-order valence-corrected chi connectivity index (χ2v) is 9.39. The highest BCUT2D eigenvalue weighted by Crippen LogP contribution is 2.16. The molecule has 0 saturated heterocycles. The molecule has 0 radical (unpaired) electrons. The van der Waals surface area contributed by atoms with Gasteiger partial charge >= 0.3 is 22.2 Å². The first-order valence-electron chi connectivity index (χ1n) is 11.6. The fraction of sp³-hybridized carbons (Fsp3) is 0.440. The van der Waals surface area contributed by atoms with Gasteiger partial charge < -0.3 is 18.4 Å². The van der Waals surface area contributed by atoms with Gasteiger partial charge in [0.05, 0.1) is 19.0 Å². The molecule has 0 saturated carbocycles. The van der Waals surface area contributed by atoms with E-state index in [0.29, 0.717) is 38.2 Å². The summed E-state index contributed by atoms with van der Waals surface area (Å²) in [6.07, 6.45) is 0.400. The van der Waals surface area contributed by atoms with Crippen LogP contribution in [0.15, 0.2) is 48.5 Å². The number of benzene rings is 2. The highest BCUT2D eigenvalue weighted by molar-refractivity contribution is 7.87. The van der Waals surface area contributed by atoms with Crippen molar-refractivity contribution in [3.8, 4) is 5.75 Å². The Balaban J connectivity index is 1.74. The van der Waals surface area contributed by atoms with Crippen LogP contribution in [0.2, 0.25) is 0 Å². The zero-order valence-electron chi connectivity index (χ0n) is 20.3. The molecule has 0 fully saturated rings. The van der Waals surface area contributed by atoms with Crippen LogP contribution < -0.4 is 9.50 Å². The van der Waals surface area contributed by atoms with E-state index in [0.717, 1.165) is 11.1 Å². The smallest absolute Gasteiger partial charge is 0.411 e. The van der Waals surface area contributed by atoms with E-state index in [9.17, 15) is 18.0 Å². The van der Waals surface area contributed by atoms with Crippen LogP contribution in [-0.4, -0.2) is 52.2 Å². The molecule has 0 aliphatic rings. The van der Waals surface area contributed by atoms with Crippen molar-refractivity contribution in [2.24, 2.45) is 0 Å². The lowest BCUT2D eigenvalue weighted by Crippen LogP contribution is -2.29. The van der Waals surface area contributed by atoms with E-state index in [1.807, 2.05) is 6.92 Å². The minimum Gasteiger partial charge on any atom is -0.464 e. The Morgan fingerprint density at radius 1 is 0.886 bits per heavy atom. The lowest BCUT2D eigenvalue weighted by molar-refractivity contribution is -0.156. The number of aryl methyl sites for hydroxylation is 1. The van der Waals surface area contributed by atoms with Gasteiger partial charge in [-0.3, -0.25) is 5.32 Å². The quantitative estimate of drug-likeness (QED) is 0.231. The van der Waals surface area contributed by atoms with Crippen LogP contribution in [0.25, 0.3) is 0 Å². The van der Waals surface area contributed by atoms with Crippen LogP contribution in [-0.2, 0) is 42.0 Å². The minimum atomic E-state index is -3.55. The van der Waals surface area contributed by atoms with E-state index in [2.05, 4.69) is 5.32 Å². The summed E-state index contributed by atoms with van der Waals surface area (Å²) >= 11 is 0. The number of carbonyl (C=O) groups is 2. The van der Waals surface area contributed by atoms with Crippen molar-refractivity contribution in [2.45, 2.75) is 46.1 Å². The number of ether oxygens (including phenoxy) is 3. The second kappa shape index (κ2) is 14.3. The zero-order chi connectivity index (χ0) is 25.7. The first kappa shape index (κ1) is 28.1. The van der Waals surface area contributed by atoms with Crippen LogP contribution >= 0.6 is 0 Å². The highest BCUT2D eigenvalue weighted by Gasteiger charge is 2.20. The third-order valence-electron chi connectivity index (χ3n) is 4.88. The van der Waals surface area contributed by atoms with Gasteiger partial charge in [-0.05, 0) is 69.0 Å². The van der Waals surface area contributed by atoms with Gasteiger partial charge in [0, 0.05) is 18.7 Å². The summed E-state index contributed by atoms with van der Waals surface area (Å²) in [5.41, 5.74) is 2.42. The van der Waals surface area contributed by atoms with Crippen molar-refractivity contribution < 1.29 is 36.4 Å². The molecule has 10 heteroatoms. The average Bonchev–Trinajstić information content (AvgIpc) is 2.83. The summed E-state index contributed by atoms with van der Waals surface area (Å²) in [6.45, 7) is 6.00. The zero-order valence-corrected chi connectivity index (χ0v) is 21.1. The van der Waals surface area contributed by atoms with Gasteiger partial charge in [-0.1, -0.05) is 24.3 Å². The van der Waals surface area contributed by atoms with Gasteiger partial charge in [0.1, 0.15) is 5.75 Å². The van der Waals surface area contributed by atoms with Gasteiger partial charge in [-0.25, -0.2) is 9.59 Å². The molecule has 1 N–H and O–H groups in total. The number of anilines is 1. The molecule has 1 amide bonds. The standard InChI is InChI=1S/C25H33NO8S/c1-4-31-23(24(27)32-5-2)18-20-9-13-21(14-10-20)26-25(28)33-17-7-8-19-11-15-22(16-12-19)34-35(29,30)6-3/h9-16,23H,4-8,17-18H2,1-3H3,(H,26,28). The molecule has 0 aliphatic carbocycles. The Morgan fingerprint density at radius 3 is 2.14 bits per heavy atom. The summed E-state index contributed by atoms with van der Waals surface area (Å²) in [5, 5.41) is 2.67. The van der Waals surface area contributed by atoms with Gasteiger partial charge in [-0.15, -0.1) is 0 Å². The van der Waals surface area contributed by atoms with E-state index in [1.165, 1.54) is 6.92 Å². The van der Waals surface area contributed by atoms with Crippen molar-refractivity contribution in [3.05, 3.63) is 59.7 Å². The molecule has 0 spiro atoms. The SMILES string of the molecule is CCOC(=O)C(Cc1ccc(NC(=O)OCCCc2ccc(OS(=O)(=O)CC)cc2)cc1)OCC. The van der Waals surface area contributed by atoms with Crippen LogP contribution in [0.3, 0.4) is 0 Å². The molecule has 2 aromatic rings. The Bertz CT molecular complexity index is 1040. The minimum absolute atomic E-state index is 0.0951. The molecular formula is C25H33NO8S. The fourth-order valence-corrected chi connectivity index (χ4v) is 3.62. The summed E-state index contributed by atoms with van der Waals surface area (Å²) in [6, 6.07) is 13.8. The maximum atomic E-state index is 12.1. The largest absolute Gasteiger partial charge is 0.464 e. The van der Waals surface area contributed by atoms with Crippen molar-refractivity contribution >= 4 is 27.9 Å². The Hall–Kier alpha value is -3.11. The predicted octanol–water partition coefficient (Wildman–Crippen LogP) is 4.11. The number of amides is 1. The molecule has 2 aromatic carbocycles. The summed E-state index contributed by atoms with van der Waals surface area (Å²) < 4.78 is 43.7. The summed E-state index contributed by atoms with van der Waals surface area (Å²) in [7, 11) is -3.55. The Morgan fingerprint density at radius 2 is 1.54 bits per heavy atom. The monoisotopic (exact) mass is 507 g/mol. The van der Waals surface area contributed by atoms with E-state index in [4.69, 9.17) is 18.4 Å². The average molecular weight is 508 g/mol. The Kier molecular flexibility index (Phi) is 11.5. The van der Waals surface area contributed by atoms with Crippen LogP contribution in [0, 0.1) is 0 Å². The predicted molar refractivity (Wildman–Crippen MR) is 132 cm³/mol. The molecule has 0 heterocycles. The topological polar surface area (TPSA) is 117 Å². The molecule has 0 aromatic heterocycles. The second-order valence-electron chi connectivity index (χ2n) is 7.54. The van der Waals surface area contributed by atoms with E-state index >= 15 is 0 Å². The van der Waals surface area contributed by atoms with E-state index in [-0.39, 0.29) is 18.1 Å². The van der Waals surface area contributed by atoms with Gasteiger partial charge in [0.2, 0.25) is 0 Å². The van der Waals surface area contributed by atoms with Gasteiger partial charge in [0.15, 0.2) is 6.10 Å². The number of esters is 1. The summed E-state index contributed by atoms with van der Waals surface area (Å²) in [4.78, 5) is 24.0. The molecule has 0 aliphatic heterocycles. The van der Waals surface area contributed by atoms with Crippen LogP contribution in [0.1, 0.15) is 38.3 Å². The third kappa shape index (κ3) is 10.4. The molecule has 35 heavy (non-hydrogen) atoms. The third-order valence-corrected chi connectivity index (χ3v) is 6.04. The number of nitrogens with one attached hydrogen (secondary N) is 1. The molecule has 1 unspecified atom stereocenters. The van der Waals surface area contributed by atoms with Crippen molar-refractivity contribution in [2.75, 3.05) is 30.9 Å². The molecule has 192 valence electrons. The lowest BCUT2D eigenvalue weighted by Gasteiger charge is -2.15. The maximum Gasteiger partial charge on any atom is 0.411 e. The van der Waals surface area contributed by atoms with Gasteiger partial charge in [-0.2, -0.15) is 8.42 Å². The first-order valence-corrected chi connectivity index (χ1v) is 13.2. The molecule has 9 nitrogen and oxygen atoms in total. The first-order chi connectivity index (χ1) is 16.8. The van der Waals surface area contributed by atoms with Crippen LogP contribution in [0.5, 0.6) is 5.75 Å². The van der Waals surface area contributed by atoms with Gasteiger partial charge in [0.25, 0.3) is 0 Å². The van der Waals surface area contributed by atoms with Crippen molar-refractivity contribution in [3.63, 3.8) is 0 Å². The van der Waals surface area contributed by atoms with E-state index < -0.39 is 28.3 Å². The normalized spacial score (nSPS) is 12.0. The molecule has 1 atom stereocenters. The molecular weight excluding hydrogens is 474 g/mol. The Labute approximate surface area is 206 Å². The number of hydrogen-bond acceptors (Lipinski definition) is 8. The fourth-order valence-electron chi connectivity index (χ4n) is 3.10. The molecule has 2 rings (SSSR count). The molecule has 0 bridgehead atoms. The maximum absolute atomic E-state index is 12.1. The van der Waals surface area contributed by atoms with E-state index in [1.54, 1.807) is 55.5 Å². The highest BCUT2D eigenvalue weighted by atomic mass is 32.2.